The van der Waals surface area contributed by atoms with E-state index in [1.165, 1.54) is 23.6 Å². The molecule has 0 atom stereocenters. The molecule has 2 aromatic carbocycles. The van der Waals surface area contributed by atoms with Gasteiger partial charge in [-0.05, 0) is 74.2 Å². The van der Waals surface area contributed by atoms with Gasteiger partial charge in [-0.25, -0.2) is 9.11 Å². The molecule has 1 aliphatic rings. The lowest BCUT2D eigenvalue weighted by Gasteiger charge is -2.33. The van der Waals surface area contributed by atoms with Crippen molar-refractivity contribution in [1.82, 2.24) is 4.72 Å². The molecule has 1 aliphatic heterocycles. The van der Waals surface area contributed by atoms with E-state index in [1.54, 1.807) is 12.1 Å². The van der Waals surface area contributed by atoms with Crippen molar-refractivity contribution in [2.24, 2.45) is 0 Å². The Labute approximate surface area is 192 Å². The molecule has 2 aromatic rings. The van der Waals surface area contributed by atoms with Gasteiger partial charge in [0.05, 0.1) is 22.9 Å². The molecule has 31 heavy (non-hydrogen) atoms. The second-order valence-corrected chi connectivity index (χ2v) is 8.53. The van der Waals surface area contributed by atoms with Gasteiger partial charge in [0.15, 0.2) is 0 Å². The number of fused-ring (bicyclic) bond motifs is 1. The average Bonchev–Trinajstić information content (AvgIpc) is 2.76. The van der Waals surface area contributed by atoms with E-state index in [0.29, 0.717) is 17.3 Å². The Hall–Kier alpha value is -2.47. The van der Waals surface area contributed by atoms with Crippen LogP contribution in [0.2, 0.25) is 5.02 Å². The fourth-order valence-electron chi connectivity index (χ4n) is 3.23. The summed E-state index contributed by atoms with van der Waals surface area (Å²) in [4.78, 5) is 3.19. The maximum atomic E-state index is 14.0. The molecule has 2 N–H and O–H groups in total. The third-order valence-electron chi connectivity index (χ3n) is 5.00. The van der Waals surface area contributed by atoms with E-state index >= 15 is 0 Å². The molecule has 0 radical (unpaired) electrons. The summed E-state index contributed by atoms with van der Waals surface area (Å²) in [7, 11) is 0. The van der Waals surface area contributed by atoms with E-state index in [0.717, 1.165) is 28.3 Å². The highest BCUT2D eigenvalue weighted by Crippen LogP contribution is 2.42. The van der Waals surface area contributed by atoms with Crippen molar-refractivity contribution in [3.05, 3.63) is 88.9 Å². The van der Waals surface area contributed by atoms with Gasteiger partial charge in [-0.3, -0.25) is 0 Å². The fourth-order valence-corrected chi connectivity index (χ4v) is 4.30. The molecule has 0 unspecified atom stereocenters. The Kier molecular flexibility index (Phi) is 7.65. The van der Waals surface area contributed by atoms with E-state index in [4.69, 9.17) is 11.6 Å². The lowest BCUT2D eigenvalue weighted by Crippen LogP contribution is -2.33. The van der Waals surface area contributed by atoms with Crippen LogP contribution in [0.15, 0.2) is 77.4 Å². The first kappa shape index (κ1) is 23.2. The number of anilines is 1. The van der Waals surface area contributed by atoms with Crippen LogP contribution in [-0.4, -0.2) is 11.8 Å². The maximum absolute atomic E-state index is 14.0. The van der Waals surface area contributed by atoms with Gasteiger partial charge in [-0.2, -0.15) is 0 Å². The van der Waals surface area contributed by atoms with Crippen molar-refractivity contribution in [1.29, 1.82) is 0 Å². The summed E-state index contributed by atoms with van der Waals surface area (Å²) in [5, 5.41) is 10.2. The number of benzene rings is 2. The van der Waals surface area contributed by atoms with E-state index < -0.39 is 5.82 Å². The number of rotatable bonds is 6. The highest BCUT2D eigenvalue weighted by atomic mass is 35.5. The zero-order valence-corrected chi connectivity index (χ0v) is 19.4. The molecular formula is C25H26ClFN2OS. The number of hydrogen-bond donors (Lipinski definition) is 2. The minimum atomic E-state index is -0.524. The zero-order valence-electron chi connectivity index (χ0n) is 17.9. The van der Waals surface area contributed by atoms with Crippen LogP contribution in [0.4, 0.5) is 10.1 Å². The Morgan fingerprint density at radius 2 is 2.13 bits per heavy atom. The largest absolute Gasteiger partial charge is 0.508 e. The molecule has 3 nitrogen and oxygen atoms in total. The maximum Gasteiger partial charge on any atom is 0.134 e. The van der Waals surface area contributed by atoms with Gasteiger partial charge in [0.25, 0.3) is 0 Å². The highest BCUT2D eigenvalue weighted by Gasteiger charge is 2.22. The molecular weight excluding hydrogens is 431 g/mol. The van der Waals surface area contributed by atoms with Crippen LogP contribution in [0.5, 0.6) is 0 Å². The first-order chi connectivity index (χ1) is 14.8. The quantitative estimate of drug-likeness (QED) is 0.263. The Bertz CT molecular complexity index is 1090. The number of halogens is 2. The van der Waals surface area contributed by atoms with Gasteiger partial charge in [-0.15, -0.1) is 0 Å². The van der Waals surface area contributed by atoms with E-state index in [2.05, 4.69) is 54.4 Å². The fraction of sp³-hybridized carbons (Fsp3) is 0.200. The van der Waals surface area contributed by atoms with Gasteiger partial charge < -0.3 is 10.0 Å². The molecule has 0 aliphatic carbocycles. The third kappa shape index (κ3) is 5.24. The smallest absolute Gasteiger partial charge is 0.134 e. The van der Waals surface area contributed by atoms with Gasteiger partial charge >= 0.3 is 0 Å². The molecule has 162 valence electrons. The minimum absolute atomic E-state index is 0.0652. The number of aliphatic hydroxyl groups is 1. The Balaban J connectivity index is 2.09. The van der Waals surface area contributed by atoms with Gasteiger partial charge in [0.1, 0.15) is 11.6 Å². The van der Waals surface area contributed by atoms with Crippen molar-refractivity contribution in [2.75, 3.05) is 11.6 Å². The lowest BCUT2D eigenvalue weighted by atomic mass is 10.0. The molecule has 0 spiro atoms. The molecule has 0 amide bonds. The summed E-state index contributed by atoms with van der Waals surface area (Å²) in [5.41, 5.74) is 4.77. The van der Waals surface area contributed by atoms with Crippen molar-refractivity contribution >= 4 is 35.0 Å². The number of nitrogens with one attached hydrogen (secondary N) is 1. The number of aliphatic hydroxyl groups excluding tert-OH is 1. The van der Waals surface area contributed by atoms with Crippen LogP contribution in [0.25, 0.3) is 16.9 Å². The molecule has 0 aromatic heterocycles. The van der Waals surface area contributed by atoms with Crippen LogP contribution < -0.4 is 9.62 Å². The molecule has 0 saturated carbocycles. The summed E-state index contributed by atoms with van der Waals surface area (Å²) in [6, 6.07) is 8.46. The molecule has 6 heteroatoms. The summed E-state index contributed by atoms with van der Waals surface area (Å²) in [6.07, 6.45) is 9.42. The van der Waals surface area contributed by atoms with Crippen LogP contribution in [-0.2, 0) is 0 Å². The average molecular weight is 457 g/mol. The number of hydrogen-bond acceptors (Lipinski definition) is 4. The van der Waals surface area contributed by atoms with Gasteiger partial charge in [0.2, 0.25) is 0 Å². The topological polar surface area (TPSA) is 35.5 Å². The molecule has 0 fully saturated rings. The molecule has 1 heterocycles. The second kappa shape index (κ2) is 10.2. The Morgan fingerprint density at radius 3 is 2.81 bits per heavy atom. The van der Waals surface area contributed by atoms with Gasteiger partial charge in [-0.1, -0.05) is 48.9 Å². The summed E-state index contributed by atoms with van der Waals surface area (Å²) >= 11 is 8.22. The van der Waals surface area contributed by atoms with Crippen LogP contribution in [0.1, 0.15) is 32.8 Å². The minimum Gasteiger partial charge on any atom is -0.508 e. The first-order valence-corrected chi connectivity index (χ1v) is 11.2. The number of nitrogens with zero attached hydrogens (tertiary/aromatic N) is 1. The van der Waals surface area contributed by atoms with Crippen molar-refractivity contribution in [2.45, 2.75) is 32.1 Å². The first-order valence-electron chi connectivity index (χ1n) is 10.1. The second-order valence-electron chi connectivity index (χ2n) is 7.19. The third-order valence-corrected chi connectivity index (χ3v) is 6.13. The summed E-state index contributed by atoms with van der Waals surface area (Å²) in [6.45, 7) is 10.3. The van der Waals surface area contributed by atoms with Gasteiger partial charge in [0, 0.05) is 16.2 Å². The predicted molar refractivity (Wildman–Crippen MR) is 132 cm³/mol. The Morgan fingerprint density at radius 1 is 1.35 bits per heavy atom. The van der Waals surface area contributed by atoms with Crippen molar-refractivity contribution in [3.63, 3.8) is 0 Å². The van der Waals surface area contributed by atoms with Crippen molar-refractivity contribution < 1.29 is 9.50 Å². The monoisotopic (exact) mass is 456 g/mol. The standard InChI is InChI=1S/C25H26ClFN2OS/c1-5-7-8-19(11-16(3)6-2)29-15-28-31-25-13-21(22(26)14-24(25)29)18-9-10-23(27)20(12-18)17(4)30/h6-14,28,30H,4-5,15H2,1-3H3/b8-7-,16-6-,19-11+. The molecule has 3 rings (SSSR count). The zero-order chi connectivity index (χ0) is 22.5. The normalized spacial score (nSPS) is 14.8. The molecule has 0 saturated heterocycles. The number of allylic oxidation sites excluding steroid dienone is 5. The predicted octanol–water partition coefficient (Wildman–Crippen LogP) is 7.87. The summed E-state index contributed by atoms with van der Waals surface area (Å²) < 4.78 is 17.4. The lowest BCUT2D eigenvalue weighted by molar-refractivity contribution is 0.504. The van der Waals surface area contributed by atoms with Crippen LogP contribution in [0, 0.1) is 5.82 Å². The van der Waals surface area contributed by atoms with Crippen molar-refractivity contribution in [3.8, 4) is 11.1 Å². The van der Waals surface area contributed by atoms with E-state index in [1.807, 2.05) is 19.1 Å². The molecule has 0 bridgehead atoms. The van der Waals surface area contributed by atoms with Crippen LogP contribution >= 0.6 is 23.5 Å². The highest BCUT2D eigenvalue weighted by molar-refractivity contribution is 7.97. The van der Waals surface area contributed by atoms with E-state index in [-0.39, 0.29) is 11.3 Å². The van der Waals surface area contributed by atoms with Crippen LogP contribution in [0.3, 0.4) is 0 Å². The van der Waals surface area contributed by atoms with E-state index in [9.17, 15) is 9.50 Å². The SMILES string of the molecule is C=C(O)c1cc(-c2cc3c(cc2Cl)N(C(/C=C\CC)=C/C(C)=C\C)CNS3)ccc1F. The summed E-state index contributed by atoms with van der Waals surface area (Å²) in [5.74, 6) is -0.836.